The quantitative estimate of drug-likeness (QED) is 0.849. The Bertz CT molecular complexity index is 597. The number of nitrogens with zero attached hydrogens (tertiary/aromatic N) is 1. The van der Waals surface area contributed by atoms with Crippen molar-refractivity contribution in [3.63, 3.8) is 0 Å². The number of hydrogen-bond donors (Lipinski definition) is 1. The van der Waals surface area contributed by atoms with Crippen molar-refractivity contribution in [3.05, 3.63) is 23.8 Å². The highest BCUT2D eigenvalue weighted by atomic mass is 16.5. The van der Waals surface area contributed by atoms with Gasteiger partial charge in [0.15, 0.2) is 11.5 Å². The summed E-state index contributed by atoms with van der Waals surface area (Å²) in [6.45, 7) is 3.38. The van der Waals surface area contributed by atoms with Crippen molar-refractivity contribution in [1.29, 1.82) is 0 Å². The third-order valence-corrected chi connectivity index (χ3v) is 4.25. The van der Waals surface area contributed by atoms with Gasteiger partial charge in [-0.2, -0.15) is 0 Å². The Balaban J connectivity index is 1.85. The van der Waals surface area contributed by atoms with E-state index in [0.717, 1.165) is 18.4 Å². The van der Waals surface area contributed by atoms with Gasteiger partial charge in [-0.1, -0.05) is 6.07 Å². The molecule has 1 aliphatic heterocycles. The van der Waals surface area contributed by atoms with Gasteiger partial charge in [-0.05, 0) is 37.5 Å². The third-order valence-electron chi connectivity index (χ3n) is 4.25. The molecule has 25 heavy (non-hydrogen) atoms. The molecule has 0 aliphatic carbocycles. The first-order valence-electron chi connectivity index (χ1n) is 8.49. The second-order valence-corrected chi connectivity index (χ2v) is 5.89. The average molecular weight is 350 g/mol. The monoisotopic (exact) mass is 350 g/mol. The SMILES string of the molecule is CCOC(=O)NC1CCN(C(=O)Cc2ccc(OC)c(OC)c2)CC1. The van der Waals surface area contributed by atoms with Crippen molar-refractivity contribution in [1.82, 2.24) is 10.2 Å². The Morgan fingerprint density at radius 3 is 2.44 bits per heavy atom. The second kappa shape index (κ2) is 9.15. The molecule has 0 saturated carbocycles. The number of amides is 2. The molecule has 2 amide bonds. The van der Waals surface area contributed by atoms with Crippen molar-refractivity contribution in [2.24, 2.45) is 0 Å². The zero-order valence-corrected chi connectivity index (χ0v) is 15.0. The van der Waals surface area contributed by atoms with E-state index in [9.17, 15) is 9.59 Å². The number of benzene rings is 1. The third kappa shape index (κ3) is 5.27. The largest absolute Gasteiger partial charge is 0.493 e. The molecule has 1 aliphatic rings. The molecule has 0 aromatic heterocycles. The highest BCUT2D eigenvalue weighted by Crippen LogP contribution is 2.28. The number of piperidine rings is 1. The number of methoxy groups -OCH3 is 2. The molecule has 0 spiro atoms. The lowest BCUT2D eigenvalue weighted by atomic mass is 10.0. The molecule has 0 radical (unpaired) electrons. The van der Waals surface area contributed by atoms with Gasteiger partial charge in [-0.25, -0.2) is 4.79 Å². The van der Waals surface area contributed by atoms with E-state index in [4.69, 9.17) is 14.2 Å². The van der Waals surface area contributed by atoms with Gasteiger partial charge in [0, 0.05) is 19.1 Å². The van der Waals surface area contributed by atoms with Crippen LogP contribution in [0.2, 0.25) is 0 Å². The average Bonchev–Trinajstić information content (AvgIpc) is 2.62. The maximum absolute atomic E-state index is 12.5. The van der Waals surface area contributed by atoms with Crippen LogP contribution in [0.25, 0.3) is 0 Å². The second-order valence-electron chi connectivity index (χ2n) is 5.89. The molecule has 1 aromatic carbocycles. The Morgan fingerprint density at radius 2 is 1.84 bits per heavy atom. The van der Waals surface area contributed by atoms with Crippen LogP contribution in [0.1, 0.15) is 25.3 Å². The summed E-state index contributed by atoms with van der Waals surface area (Å²) in [6, 6.07) is 5.56. The van der Waals surface area contributed by atoms with Gasteiger partial charge in [-0.3, -0.25) is 4.79 Å². The Hall–Kier alpha value is -2.44. The first-order chi connectivity index (χ1) is 12.1. The molecule has 1 aromatic rings. The van der Waals surface area contributed by atoms with Gasteiger partial charge in [-0.15, -0.1) is 0 Å². The van der Waals surface area contributed by atoms with Crippen molar-refractivity contribution in [3.8, 4) is 11.5 Å². The number of likely N-dealkylation sites (tertiary alicyclic amines) is 1. The molecule has 1 fully saturated rings. The van der Waals surface area contributed by atoms with Crippen LogP contribution >= 0.6 is 0 Å². The predicted molar refractivity (Wildman–Crippen MR) is 93.0 cm³/mol. The first-order valence-corrected chi connectivity index (χ1v) is 8.49. The van der Waals surface area contributed by atoms with Crippen LogP contribution in [0, 0.1) is 0 Å². The molecule has 2 rings (SSSR count). The number of carbonyl (C=O) groups excluding carboxylic acids is 2. The number of carbonyl (C=O) groups is 2. The van der Waals surface area contributed by atoms with Gasteiger partial charge in [0.05, 0.1) is 27.2 Å². The normalized spacial score (nSPS) is 14.8. The highest BCUT2D eigenvalue weighted by Gasteiger charge is 2.24. The Morgan fingerprint density at radius 1 is 1.16 bits per heavy atom. The molecular formula is C18H26N2O5. The van der Waals surface area contributed by atoms with E-state index in [2.05, 4.69) is 5.32 Å². The number of rotatable bonds is 6. The van der Waals surface area contributed by atoms with Gasteiger partial charge in [0.1, 0.15) is 0 Å². The van der Waals surface area contributed by atoms with Crippen LogP contribution in [0.3, 0.4) is 0 Å². The van der Waals surface area contributed by atoms with Crippen LogP contribution in [-0.2, 0) is 16.0 Å². The van der Waals surface area contributed by atoms with Gasteiger partial charge < -0.3 is 24.4 Å². The smallest absolute Gasteiger partial charge is 0.407 e. The van der Waals surface area contributed by atoms with Gasteiger partial charge in [0.25, 0.3) is 0 Å². The van der Waals surface area contributed by atoms with E-state index in [1.807, 2.05) is 17.0 Å². The lowest BCUT2D eigenvalue weighted by Crippen LogP contribution is -2.47. The maximum atomic E-state index is 12.5. The minimum Gasteiger partial charge on any atom is -0.493 e. The van der Waals surface area contributed by atoms with Crippen LogP contribution < -0.4 is 14.8 Å². The molecular weight excluding hydrogens is 324 g/mol. The standard InChI is InChI=1S/C18H26N2O5/c1-4-25-18(22)19-14-7-9-20(10-8-14)17(21)12-13-5-6-15(23-2)16(11-13)24-3/h5-6,11,14H,4,7-10,12H2,1-3H3,(H,19,22). The summed E-state index contributed by atoms with van der Waals surface area (Å²) in [6.07, 6.45) is 1.39. The summed E-state index contributed by atoms with van der Waals surface area (Å²) >= 11 is 0. The highest BCUT2D eigenvalue weighted by molar-refractivity contribution is 5.79. The Kier molecular flexibility index (Phi) is 6.91. The van der Waals surface area contributed by atoms with Crippen LogP contribution in [0.15, 0.2) is 18.2 Å². The van der Waals surface area contributed by atoms with E-state index >= 15 is 0 Å². The molecule has 138 valence electrons. The maximum Gasteiger partial charge on any atom is 0.407 e. The van der Waals surface area contributed by atoms with Crippen LogP contribution in [0.4, 0.5) is 4.79 Å². The summed E-state index contributed by atoms with van der Waals surface area (Å²) in [5.74, 6) is 1.33. The van der Waals surface area contributed by atoms with Crippen molar-refractivity contribution in [2.75, 3.05) is 33.9 Å². The fourth-order valence-electron chi connectivity index (χ4n) is 2.89. The molecule has 1 saturated heterocycles. The summed E-state index contributed by atoms with van der Waals surface area (Å²) in [5, 5.41) is 2.83. The number of ether oxygens (including phenoxy) is 3. The fraction of sp³-hybridized carbons (Fsp3) is 0.556. The minimum absolute atomic E-state index is 0.0594. The summed E-state index contributed by atoms with van der Waals surface area (Å²) < 4.78 is 15.4. The zero-order valence-electron chi connectivity index (χ0n) is 15.0. The van der Waals surface area contributed by atoms with E-state index in [-0.39, 0.29) is 11.9 Å². The van der Waals surface area contributed by atoms with Crippen LogP contribution in [0.5, 0.6) is 11.5 Å². The molecule has 1 heterocycles. The predicted octanol–water partition coefficient (Wildman–Crippen LogP) is 1.98. The number of alkyl carbamates (subject to hydrolysis) is 1. The number of hydrogen-bond acceptors (Lipinski definition) is 5. The van der Waals surface area contributed by atoms with Crippen LogP contribution in [-0.4, -0.2) is 56.9 Å². The van der Waals surface area contributed by atoms with Gasteiger partial charge in [0.2, 0.25) is 5.91 Å². The lowest BCUT2D eigenvalue weighted by molar-refractivity contribution is -0.131. The molecule has 0 atom stereocenters. The van der Waals surface area contributed by atoms with Gasteiger partial charge >= 0.3 is 6.09 Å². The van der Waals surface area contributed by atoms with E-state index in [1.165, 1.54) is 0 Å². The molecule has 0 bridgehead atoms. The van der Waals surface area contributed by atoms with Crippen molar-refractivity contribution in [2.45, 2.75) is 32.2 Å². The molecule has 7 nitrogen and oxygen atoms in total. The number of nitrogens with one attached hydrogen (secondary N) is 1. The topological polar surface area (TPSA) is 77.1 Å². The van der Waals surface area contributed by atoms with Crippen molar-refractivity contribution < 1.29 is 23.8 Å². The van der Waals surface area contributed by atoms with Crippen molar-refractivity contribution >= 4 is 12.0 Å². The van der Waals surface area contributed by atoms with E-state index < -0.39 is 6.09 Å². The van der Waals surface area contributed by atoms with E-state index in [0.29, 0.717) is 37.6 Å². The molecule has 1 N–H and O–H groups in total. The summed E-state index contributed by atoms with van der Waals surface area (Å²) in [4.78, 5) is 25.8. The first kappa shape index (κ1) is 18.9. The lowest BCUT2D eigenvalue weighted by Gasteiger charge is -2.32. The zero-order chi connectivity index (χ0) is 18.2. The van der Waals surface area contributed by atoms with E-state index in [1.54, 1.807) is 27.2 Å². The molecule has 0 unspecified atom stereocenters. The molecule has 7 heteroatoms. The fourth-order valence-corrected chi connectivity index (χ4v) is 2.89. The summed E-state index contributed by atoms with van der Waals surface area (Å²) in [5.41, 5.74) is 0.884. The summed E-state index contributed by atoms with van der Waals surface area (Å²) in [7, 11) is 3.15. The Labute approximate surface area is 148 Å². The minimum atomic E-state index is -0.391.